The van der Waals surface area contributed by atoms with Crippen molar-refractivity contribution in [2.24, 2.45) is 11.8 Å². The number of hydrogen-bond acceptors (Lipinski definition) is 1. The van der Waals surface area contributed by atoms with Crippen LogP contribution < -0.4 is 0 Å². The van der Waals surface area contributed by atoms with Gasteiger partial charge in [-0.25, -0.2) is 0 Å². The van der Waals surface area contributed by atoms with Crippen molar-refractivity contribution in [3.8, 4) is 0 Å². The molecule has 0 rings (SSSR count). The van der Waals surface area contributed by atoms with Gasteiger partial charge in [-0.1, -0.05) is 33.6 Å². The number of hydrogen-bond donors (Lipinski definition) is 1. The molecular formula is C10H22O. The monoisotopic (exact) mass is 158 g/mol. The van der Waals surface area contributed by atoms with E-state index in [0.29, 0.717) is 6.61 Å². The lowest BCUT2D eigenvalue weighted by Crippen LogP contribution is -2.10. The highest BCUT2D eigenvalue weighted by atomic mass is 16.2. The van der Waals surface area contributed by atoms with Gasteiger partial charge in [-0.2, -0.15) is 0 Å². The van der Waals surface area contributed by atoms with Crippen molar-refractivity contribution in [2.45, 2.75) is 46.5 Å². The van der Waals surface area contributed by atoms with Crippen molar-refractivity contribution < 1.29 is 5.11 Å². The van der Waals surface area contributed by atoms with Crippen LogP contribution in [-0.2, 0) is 0 Å². The molecule has 1 heteroatoms. The topological polar surface area (TPSA) is 20.2 Å². The van der Waals surface area contributed by atoms with E-state index < -0.39 is 0 Å². The van der Waals surface area contributed by atoms with Gasteiger partial charge in [-0.05, 0) is 24.7 Å². The van der Waals surface area contributed by atoms with Crippen LogP contribution in [0, 0.1) is 11.8 Å². The van der Waals surface area contributed by atoms with E-state index in [1.165, 1.54) is 19.3 Å². The Balaban J connectivity index is 3.56. The van der Waals surface area contributed by atoms with E-state index in [-0.39, 0.29) is 0 Å². The lowest BCUT2D eigenvalue weighted by molar-refractivity contribution is 0.244. The van der Waals surface area contributed by atoms with Crippen LogP contribution in [0.3, 0.4) is 0 Å². The van der Waals surface area contributed by atoms with Gasteiger partial charge in [0.25, 0.3) is 0 Å². The van der Waals surface area contributed by atoms with Crippen molar-refractivity contribution in [3.05, 3.63) is 0 Å². The minimum Gasteiger partial charge on any atom is -0.396 e. The van der Waals surface area contributed by atoms with Gasteiger partial charge in [0.1, 0.15) is 0 Å². The fourth-order valence-corrected chi connectivity index (χ4v) is 1.58. The normalized spacial score (nSPS) is 16.4. The quantitative estimate of drug-likeness (QED) is 0.630. The predicted octanol–water partition coefficient (Wildman–Crippen LogP) is 2.83. The minimum absolute atomic E-state index is 0.354. The summed E-state index contributed by atoms with van der Waals surface area (Å²) in [5.74, 6) is 1.65. The summed E-state index contributed by atoms with van der Waals surface area (Å²) < 4.78 is 0. The molecule has 2 atom stereocenters. The first-order valence-corrected chi connectivity index (χ1v) is 4.87. The first kappa shape index (κ1) is 11.0. The zero-order chi connectivity index (χ0) is 8.69. The Labute approximate surface area is 70.8 Å². The van der Waals surface area contributed by atoms with Crippen molar-refractivity contribution in [1.29, 1.82) is 0 Å². The van der Waals surface area contributed by atoms with E-state index in [2.05, 4.69) is 20.8 Å². The molecule has 0 fully saturated rings. The standard InChI is InChI=1S/C10H22O/c1-4-9(3)10(5-2)7-6-8-11/h9-11H,4-8H2,1-3H3. The average Bonchev–Trinajstić information content (AvgIpc) is 2.05. The second-order valence-electron chi connectivity index (χ2n) is 3.42. The molecule has 0 aliphatic carbocycles. The largest absolute Gasteiger partial charge is 0.396 e. The Kier molecular flexibility index (Phi) is 6.63. The molecule has 0 radical (unpaired) electrons. The molecule has 1 nitrogen and oxygen atoms in total. The van der Waals surface area contributed by atoms with Crippen LogP contribution >= 0.6 is 0 Å². The Bertz CT molecular complexity index is 80.9. The first-order chi connectivity index (χ1) is 5.26. The Morgan fingerprint density at radius 3 is 2.18 bits per heavy atom. The minimum atomic E-state index is 0.354. The third-order valence-corrected chi connectivity index (χ3v) is 2.71. The zero-order valence-electron chi connectivity index (χ0n) is 8.14. The van der Waals surface area contributed by atoms with Crippen molar-refractivity contribution >= 4 is 0 Å². The maximum atomic E-state index is 8.67. The molecule has 0 spiro atoms. The van der Waals surface area contributed by atoms with Crippen LogP contribution in [0.4, 0.5) is 0 Å². The summed E-state index contributed by atoms with van der Waals surface area (Å²) in [6.45, 7) is 7.15. The first-order valence-electron chi connectivity index (χ1n) is 4.87. The van der Waals surface area contributed by atoms with Crippen LogP contribution in [0.2, 0.25) is 0 Å². The van der Waals surface area contributed by atoms with Crippen LogP contribution in [0.1, 0.15) is 46.5 Å². The van der Waals surface area contributed by atoms with Crippen LogP contribution in [0.15, 0.2) is 0 Å². The van der Waals surface area contributed by atoms with Crippen molar-refractivity contribution in [2.75, 3.05) is 6.61 Å². The summed E-state index contributed by atoms with van der Waals surface area (Å²) in [7, 11) is 0. The summed E-state index contributed by atoms with van der Waals surface area (Å²) in [4.78, 5) is 0. The lowest BCUT2D eigenvalue weighted by Gasteiger charge is -2.20. The molecule has 0 amide bonds. The molecule has 1 N–H and O–H groups in total. The Morgan fingerprint density at radius 1 is 1.18 bits per heavy atom. The second kappa shape index (κ2) is 6.66. The van der Waals surface area contributed by atoms with E-state index in [0.717, 1.165) is 18.3 Å². The van der Waals surface area contributed by atoms with Crippen molar-refractivity contribution in [1.82, 2.24) is 0 Å². The van der Waals surface area contributed by atoms with Crippen LogP contribution in [0.5, 0.6) is 0 Å². The predicted molar refractivity (Wildman–Crippen MR) is 49.6 cm³/mol. The maximum Gasteiger partial charge on any atom is 0.0431 e. The second-order valence-corrected chi connectivity index (χ2v) is 3.42. The van der Waals surface area contributed by atoms with Gasteiger partial charge in [-0.3, -0.25) is 0 Å². The fraction of sp³-hybridized carbons (Fsp3) is 1.00. The molecular weight excluding hydrogens is 136 g/mol. The van der Waals surface area contributed by atoms with E-state index in [9.17, 15) is 0 Å². The fourth-order valence-electron chi connectivity index (χ4n) is 1.58. The van der Waals surface area contributed by atoms with E-state index in [4.69, 9.17) is 5.11 Å². The molecule has 0 aliphatic heterocycles. The average molecular weight is 158 g/mol. The van der Waals surface area contributed by atoms with Gasteiger partial charge in [0.05, 0.1) is 0 Å². The molecule has 2 unspecified atom stereocenters. The highest BCUT2D eigenvalue weighted by Crippen LogP contribution is 2.23. The summed E-state index contributed by atoms with van der Waals surface area (Å²) in [6, 6.07) is 0. The van der Waals surface area contributed by atoms with Gasteiger partial charge < -0.3 is 5.11 Å². The van der Waals surface area contributed by atoms with Gasteiger partial charge in [0.2, 0.25) is 0 Å². The zero-order valence-corrected chi connectivity index (χ0v) is 8.14. The molecule has 0 aromatic heterocycles. The third kappa shape index (κ3) is 4.41. The summed E-state index contributed by atoms with van der Waals surface area (Å²) in [5, 5.41) is 8.67. The van der Waals surface area contributed by atoms with Gasteiger partial charge in [0.15, 0.2) is 0 Å². The van der Waals surface area contributed by atoms with Crippen LogP contribution in [-0.4, -0.2) is 11.7 Å². The van der Waals surface area contributed by atoms with Gasteiger partial charge in [0, 0.05) is 6.61 Å². The molecule has 0 aromatic carbocycles. The summed E-state index contributed by atoms with van der Waals surface area (Å²) >= 11 is 0. The Morgan fingerprint density at radius 2 is 1.82 bits per heavy atom. The molecule has 0 aliphatic rings. The maximum absolute atomic E-state index is 8.67. The van der Waals surface area contributed by atoms with Crippen molar-refractivity contribution in [3.63, 3.8) is 0 Å². The molecule has 0 aromatic rings. The smallest absolute Gasteiger partial charge is 0.0431 e. The molecule has 0 saturated heterocycles. The molecule has 0 heterocycles. The SMILES string of the molecule is CCC(C)C(CC)CCCO. The molecule has 11 heavy (non-hydrogen) atoms. The van der Waals surface area contributed by atoms with E-state index >= 15 is 0 Å². The Hall–Kier alpha value is -0.0400. The highest BCUT2D eigenvalue weighted by Gasteiger charge is 2.12. The molecule has 68 valence electrons. The van der Waals surface area contributed by atoms with E-state index in [1.54, 1.807) is 0 Å². The van der Waals surface area contributed by atoms with Gasteiger partial charge in [-0.15, -0.1) is 0 Å². The number of aliphatic hydroxyl groups is 1. The van der Waals surface area contributed by atoms with Gasteiger partial charge >= 0.3 is 0 Å². The lowest BCUT2D eigenvalue weighted by atomic mass is 9.86. The van der Waals surface area contributed by atoms with E-state index in [1.807, 2.05) is 0 Å². The highest BCUT2D eigenvalue weighted by molar-refractivity contribution is 4.63. The number of rotatable bonds is 6. The number of aliphatic hydroxyl groups excluding tert-OH is 1. The molecule has 0 saturated carbocycles. The third-order valence-electron chi connectivity index (χ3n) is 2.71. The summed E-state index contributed by atoms with van der Waals surface area (Å²) in [5.41, 5.74) is 0. The molecule has 0 bridgehead atoms. The van der Waals surface area contributed by atoms with Crippen LogP contribution in [0.25, 0.3) is 0 Å². The summed E-state index contributed by atoms with van der Waals surface area (Å²) in [6.07, 6.45) is 4.70.